The van der Waals surface area contributed by atoms with Gasteiger partial charge in [0.05, 0.1) is 6.54 Å². The summed E-state index contributed by atoms with van der Waals surface area (Å²) in [6.45, 7) is 6.71. The van der Waals surface area contributed by atoms with E-state index in [0.29, 0.717) is 12.2 Å². The van der Waals surface area contributed by atoms with Gasteiger partial charge in [0.2, 0.25) is 0 Å². The molecular weight excluding hydrogens is 340 g/mol. The minimum Gasteiger partial charge on any atom is -0.357 e. The van der Waals surface area contributed by atoms with E-state index in [1.54, 1.807) is 0 Å². The van der Waals surface area contributed by atoms with Crippen LogP contribution in [0.5, 0.6) is 0 Å². The van der Waals surface area contributed by atoms with Crippen molar-refractivity contribution in [3.63, 3.8) is 0 Å². The molecule has 4 heterocycles. The number of hydrogen-bond acceptors (Lipinski definition) is 4. The van der Waals surface area contributed by atoms with Crippen LogP contribution < -0.4 is 0 Å². The lowest BCUT2D eigenvalue weighted by atomic mass is 9.97. The van der Waals surface area contributed by atoms with E-state index in [9.17, 15) is 4.79 Å². The quantitative estimate of drug-likeness (QED) is 0.897. The van der Waals surface area contributed by atoms with Crippen LogP contribution in [0.4, 0.5) is 0 Å². The van der Waals surface area contributed by atoms with Crippen LogP contribution in [0.1, 0.15) is 65.7 Å². The highest BCUT2D eigenvalue weighted by atomic mass is 16.2. The van der Waals surface area contributed by atoms with Gasteiger partial charge in [-0.25, -0.2) is 0 Å². The molecule has 146 valence electrons. The zero-order valence-corrected chi connectivity index (χ0v) is 16.4. The molecule has 2 aromatic rings. The third-order valence-electron chi connectivity index (χ3n) is 5.94. The standard InChI is InChI=1S/C20H30N6O/c1-15-11-17(21-12-15)20(27)26-10-6-7-16(13-26)19-23-22-18(24(19)2)14-25-8-4-3-5-9-25/h11-12,16,21H,3-10,13-14H2,1-2H3/t16-/m1/s1. The van der Waals surface area contributed by atoms with Crippen LogP contribution >= 0.6 is 0 Å². The highest BCUT2D eigenvalue weighted by molar-refractivity contribution is 5.92. The predicted octanol–water partition coefficient (Wildman–Crippen LogP) is 2.46. The van der Waals surface area contributed by atoms with Gasteiger partial charge in [-0.1, -0.05) is 6.42 Å². The average molecular weight is 371 g/mol. The summed E-state index contributed by atoms with van der Waals surface area (Å²) in [7, 11) is 2.07. The van der Waals surface area contributed by atoms with Crippen molar-refractivity contribution in [2.75, 3.05) is 26.2 Å². The predicted molar refractivity (Wildman–Crippen MR) is 104 cm³/mol. The first kappa shape index (κ1) is 18.2. The lowest BCUT2D eigenvalue weighted by Crippen LogP contribution is -2.40. The van der Waals surface area contributed by atoms with E-state index in [0.717, 1.165) is 56.2 Å². The Morgan fingerprint density at radius 3 is 2.74 bits per heavy atom. The largest absolute Gasteiger partial charge is 0.357 e. The molecule has 1 atom stereocenters. The van der Waals surface area contributed by atoms with E-state index >= 15 is 0 Å². The number of likely N-dealkylation sites (tertiary alicyclic amines) is 2. The first-order valence-electron chi connectivity index (χ1n) is 10.2. The van der Waals surface area contributed by atoms with Crippen molar-refractivity contribution in [1.29, 1.82) is 0 Å². The van der Waals surface area contributed by atoms with Crippen LogP contribution in [0.3, 0.4) is 0 Å². The molecule has 0 radical (unpaired) electrons. The smallest absolute Gasteiger partial charge is 0.270 e. The molecule has 2 aliphatic heterocycles. The first-order chi connectivity index (χ1) is 13.1. The number of hydrogen-bond donors (Lipinski definition) is 1. The number of aromatic nitrogens is 4. The summed E-state index contributed by atoms with van der Waals surface area (Å²) in [5, 5.41) is 8.99. The molecule has 7 nitrogen and oxygen atoms in total. The van der Waals surface area contributed by atoms with Crippen LogP contribution in [-0.2, 0) is 13.6 Å². The molecule has 2 aromatic heterocycles. The van der Waals surface area contributed by atoms with Gasteiger partial charge in [0, 0.05) is 32.3 Å². The van der Waals surface area contributed by atoms with Gasteiger partial charge in [0.15, 0.2) is 0 Å². The molecule has 1 N–H and O–H groups in total. The van der Waals surface area contributed by atoms with Gasteiger partial charge < -0.3 is 14.5 Å². The molecule has 7 heteroatoms. The zero-order valence-electron chi connectivity index (χ0n) is 16.4. The highest BCUT2D eigenvalue weighted by Crippen LogP contribution is 2.27. The van der Waals surface area contributed by atoms with Crippen molar-refractivity contribution < 1.29 is 4.79 Å². The molecule has 0 aliphatic carbocycles. The topological polar surface area (TPSA) is 70.1 Å². The van der Waals surface area contributed by atoms with E-state index < -0.39 is 0 Å². The number of piperidine rings is 2. The van der Waals surface area contributed by atoms with Crippen molar-refractivity contribution in [3.8, 4) is 0 Å². The Morgan fingerprint density at radius 2 is 2.00 bits per heavy atom. The first-order valence-corrected chi connectivity index (χ1v) is 10.2. The highest BCUT2D eigenvalue weighted by Gasteiger charge is 2.29. The number of nitrogens with zero attached hydrogens (tertiary/aromatic N) is 5. The maximum absolute atomic E-state index is 12.8. The van der Waals surface area contributed by atoms with Crippen molar-refractivity contribution in [2.24, 2.45) is 7.05 Å². The second-order valence-electron chi connectivity index (χ2n) is 8.05. The van der Waals surface area contributed by atoms with Gasteiger partial charge in [0.1, 0.15) is 17.3 Å². The summed E-state index contributed by atoms with van der Waals surface area (Å²) >= 11 is 0. The molecule has 2 fully saturated rings. The Labute approximate surface area is 160 Å². The number of rotatable bonds is 4. The fourth-order valence-corrected chi connectivity index (χ4v) is 4.35. The number of nitrogens with one attached hydrogen (secondary N) is 1. The molecule has 0 bridgehead atoms. The van der Waals surface area contributed by atoms with Crippen LogP contribution in [0.2, 0.25) is 0 Å². The number of carbonyl (C=O) groups is 1. The van der Waals surface area contributed by atoms with E-state index in [-0.39, 0.29) is 11.8 Å². The number of carbonyl (C=O) groups excluding carboxylic acids is 1. The van der Waals surface area contributed by atoms with Gasteiger partial charge in [-0.3, -0.25) is 9.69 Å². The third kappa shape index (κ3) is 3.93. The molecule has 2 saturated heterocycles. The fourth-order valence-electron chi connectivity index (χ4n) is 4.35. The summed E-state index contributed by atoms with van der Waals surface area (Å²) in [6.07, 6.45) is 7.84. The normalized spacial score (nSPS) is 21.6. The average Bonchev–Trinajstić information content (AvgIpc) is 3.28. The summed E-state index contributed by atoms with van der Waals surface area (Å²) < 4.78 is 2.16. The van der Waals surface area contributed by atoms with Crippen LogP contribution in [-0.4, -0.2) is 61.6 Å². The monoisotopic (exact) mass is 370 g/mol. The summed E-state index contributed by atoms with van der Waals surface area (Å²) in [5.74, 6) is 2.40. The van der Waals surface area contributed by atoms with Gasteiger partial charge in [0.25, 0.3) is 5.91 Å². The molecule has 27 heavy (non-hydrogen) atoms. The molecule has 1 amide bonds. The van der Waals surface area contributed by atoms with Crippen molar-refractivity contribution in [3.05, 3.63) is 35.2 Å². The van der Waals surface area contributed by atoms with E-state index in [1.807, 2.05) is 24.1 Å². The van der Waals surface area contributed by atoms with Gasteiger partial charge >= 0.3 is 0 Å². The molecule has 0 aromatic carbocycles. The van der Waals surface area contributed by atoms with Gasteiger partial charge in [-0.15, -0.1) is 10.2 Å². The SMILES string of the molecule is Cc1c[nH]c(C(=O)N2CCC[C@@H](c3nnc(CN4CCCCC4)n3C)C2)c1. The van der Waals surface area contributed by atoms with E-state index in [2.05, 4.69) is 31.7 Å². The minimum atomic E-state index is 0.0866. The van der Waals surface area contributed by atoms with Crippen LogP contribution in [0.25, 0.3) is 0 Å². The maximum Gasteiger partial charge on any atom is 0.270 e. The Hall–Kier alpha value is -2.15. The van der Waals surface area contributed by atoms with E-state index in [4.69, 9.17) is 0 Å². The minimum absolute atomic E-state index is 0.0866. The Balaban J connectivity index is 1.44. The molecule has 0 spiro atoms. The summed E-state index contributed by atoms with van der Waals surface area (Å²) in [6, 6.07) is 1.92. The fraction of sp³-hybridized carbons (Fsp3) is 0.650. The molecule has 4 rings (SSSR count). The van der Waals surface area contributed by atoms with Gasteiger partial charge in [-0.05, 0) is 57.3 Å². The summed E-state index contributed by atoms with van der Waals surface area (Å²) in [4.78, 5) is 20.3. The maximum atomic E-state index is 12.8. The van der Waals surface area contributed by atoms with Gasteiger partial charge in [-0.2, -0.15) is 0 Å². The third-order valence-corrected chi connectivity index (χ3v) is 5.94. The lowest BCUT2D eigenvalue weighted by molar-refractivity contribution is 0.0698. The molecule has 0 unspecified atom stereocenters. The molecule has 2 aliphatic rings. The van der Waals surface area contributed by atoms with Crippen LogP contribution in [0.15, 0.2) is 12.3 Å². The van der Waals surface area contributed by atoms with E-state index in [1.165, 1.54) is 19.3 Å². The lowest BCUT2D eigenvalue weighted by Gasteiger charge is -2.32. The molecular formula is C20H30N6O. The number of aryl methyl sites for hydroxylation is 1. The number of amides is 1. The Bertz CT molecular complexity index is 788. The number of H-pyrrole nitrogens is 1. The van der Waals surface area contributed by atoms with Crippen molar-refractivity contribution in [2.45, 2.75) is 51.5 Å². The summed E-state index contributed by atoms with van der Waals surface area (Å²) in [5.41, 5.74) is 1.76. The van der Waals surface area contributed by atoms with Crippen molar-refractivity contribution >= 4 is 5.91 Å². The zero-order chi connectivity index (χ0) is 18.8. The Morgan fingerprint density at radius 1 is 1.19 bits per heavy atom. The van der Waals surface area contributed by atoms with Crippen LogP contribution in [0, 0.1) is 6.92 Å². The van der Waals surface area contributed by atoms with Crippen molar-refractivity contribution in [1.82, 2.24) is 29.5 Å². The Kier molecular flexibility index (Phi) is 5.29. The molecule has 0 saturated carbocycles. The second kappa shape index (κ2) is 7.84. The second-order valence-corrected chi connectivity index (χ2v) is 8.05. The number of aromatic amines is 1.